The summed E-state index contributed by atoms with van der Waals surface area (Å²) in [6.07, 6.45) is 1.67. The summed E-state index contributed by atoms with van der Waals surface area (Å²) in [6, 6.07) is 20.9. The molecule has 0 aliphatic carbocycles. The van der Waals surface area contributed by atoms with Crippen LogP contribution in [-0.2, 0) is 6.54 Å². The Kier molecular flexibility index (Phi) is 5.67. The summed E-state index contributed by atoms with van der Waals surface area (Å²) < 4.78 is 11.0. The maximum Gasteiger partial charge on any atom is 0.218 e. The van der Waals surface area contributed by atoms with E-state index in [0.29, 0.717) is 24.1 Å². The fraction of sp³-hybridized carbons (Fsp3) is 0.100. The second kappa shape index (κ2) is 8.53. The van der Waals surface area contributed by atoms with Gasteiger partial charge in [-0.25, -0.2) is 9.98 Å². The first-order chi connectivity index (χ1) is 12.7. The molecule has 0 saturated carbocycles. The van der Waals surface area contributed by atoms with Crippen LogP contribution in [0.5, 0.6) is 17.4 Å². The van der Waals surface area contributed by atoms with Crippen molar-refractivity contribution in [3.63, 3.8) is 0 Å². The Morgan fingerprint density at radius 3 is 2.65 bits per heavy atom. The molecule has 0 aliphatic heterocycles. The first kappa shape index (κ1) is 17.3. The maximum atomic E-state index is 5.98. The van der Waals surface area contributed by atoms with Crippen LogP contribution in [0.15, 0.2) is 77.9 Å². The van der Waals surface area contributed by atoms with Crippen LogP contribution in [0.25, 0.3) is 0 Å². The molecule has 0 atom stereocenters. The molecule has 26 heavy (non-hydrogen) atoms. The summed E-state index contributed by atoms with van der Waals surface area (Å²) in [7, 11) is 1.58. The number of ether oxygens (including phenoxy) is 2. The van der Waals surface area contributed by atoms with Crippen molar-refractivity contribution in [2.75, 3.05) is 12.4 Å². The molecule has 0 saturated heterocycles. The Hall–Kier alpha value is -3.54. The van der Waals surface area contributed by atoms with Crippen LogP contribution in [0.2, 0.25) is 0 Å². The molecule has 3 N–H and O–H groups in total. The van der Waals surface area contributed by atoms with E-state index in [1.165, 1.54) is 0 Å². The molecule has 0 fully saturated rings. The summed E-state index contributed by atoms with van der Waals surface area (Å²) in [5.41, 5.74) is 7.64. The lowest BCUT2D eigenvalue weighted by Gasteiger charge is -2.10. The van der Waals surface area contributed by atoms with Gasteiger partial charge in [0.2, 0.25) is 5.88 Å². The van der Waals surface area contributed by atoms with Crippen molar-refractivity contribution in [2.24, 2.45) is 10.7 Å². The van der Waals surface area contributed by atoms with Crippen molar-refractivity contribution >= 4 is 11.6 Å². The minimum Gasteiger partial charge on any atom is -0.481 e. The van der Waals surface area contributed by atoms with Crippen LogP contribution in [0, 0.1) is 0 Å². The van der Waals surface area contributed by atoms with Crippen molar-refractivity contribution in [1.82, 2.24) is 4.98 Å². The molecule has 1 aromatic heterocycles. The Balaban J connectivity index is 1.65. The second-order valence-corrected chi connectivity index (χ2v) is 5.44. The Morgan fingerprint density at radius 2 is 1.85 bits per heavy atom. The van der Waals surface area contributed by atoms with Gasteiger partial charge in [0.05, 0.1) is 13.7 Å². The lowest BCUT2D eigenvalue weighted by molar-refractivity contribution is 0.392. The number of nitrogens with one attached hydrogen (secondary N) is 1. The number of aliphatic imine (C=N–C) groups is 1. The first-order valence-electron chi connectivity index (χ1n) is 8.12. The third-order valence-corrected chi connectivity index (χ3v) is 3.55. The number of nitrogens with zero attached hydrogens (tertiary/aromatic N) is 2. The topological polar surface area (TPSA) is 81.8 Å². The zero-order chi connectivity index (χ0) is 18.2. The highest BCUT2D eigenvalue weighted by molar-refractivity contribution is 5.92. The van der Waals surface area contributed by atoms with Crippen LogP contribution in [0.3, 0.4) is 0 Å². The van der Waals surface area contributed by atoms with Gasteiger partial charge in [-0.15, -0.1) is 0 Å². The summed E-state index contributed by atoms with van der Waals surface area (Å²) in [4.78, 5) is 8.48. The van der Waals surface area contributed by atoms with Gasteiger partial charge in [0.15, 0.2) is 5.96 Å². The van der Waals surface area contributed by atoms with Crippen LogP contribution in [-0.4, -0.2) is 18.1 Å². The summed E-state index contributed by atoms with van der Waals surface area (Å²) in [5.74, 6) is 2.33. The van der Waals surface area contributed by atoms with Crippen molar-refractivity contribution in [1.29, 1.82) is 0 Å². The monoisotopic (exact) mass is 348 g/mol. The molecule has 1 heterocycles. The minimum atomic E-state index is 0.299. The molecule has 0 radical (unpaired) electrons. The molecule has 0 bridgehead atoms. The van der Waals surface area contributed by atoms with Crippen LogP contribution in [0.4, 0.5) is 5.69 Å². The SMILES string of the molecule is COc1ncccc1CN=C(N)Nc1cccc(Oc2ccccc2)c1. The predicted molar refractivity (Wildman–Crippen MR) is 103 cm³/mol. The molecule has 0 unspecified atom stereocenters. The summed E-state index contributed by atoms with van der Waals surface area (Å²) >= 11 is 0. The van der Waals surface area contributed by atoms with E-state index in [1.807, 2.05) is 66.7 Å². The third kappa shape index (κ3) is 4.73. The van der Waals surface area contributed by atoms with Gasteiger partial charge in [0.1, 0.15) is 11.5 Å². The second-order valence-electron chi connectivity index (χ2n) is 5.44. The molecule has 0 amide bonds. The standard InChI is InChI=1S/C20H20N4O2/c1-25-19-15(7-6-12-22-19)14-23-20(21)24-16-8-5-11-18(13-16)26-17-9-3-2-4-10-17/h2-13H,14H2,1H3,(H3,21,23,24). The van der Waals surface area contributed by atoms with E-state index >= 15 is 0 Å². The van der Waals surface area contributed by atoms with Crippen LogP contribution in [0.1, 0.15) is 5.56 Å². The molecule has 6 nitrogen and oxygen atoms in total. The van der Waals surface area contributed by atoms with Crippen molar-refractivity contribution in [3.8, 4) is 17.4 Å². The molecule has 132 valence electrons. The quantitative estimate of drug-likeness (QED) is 0.523. The number of methoxy groups -OCH3 is 1. The van der Waals surface area contributed by atoms with Crippen molar-refractivity contribution < 1.29 is 9.47 Å². The number of rotatable bonds is 6. The number of nitrogens with two attached hydrogens (primary N) is 1. The van der Waals surface area contributed by atoms with E-state index in [4.69, 9.17) is 15.2 Å². The summed E-state index contributed by atoms with van der Waals surface area (Å²) in [6.45, 7) is 0.371. The van der Waals surface area contributed by atoms with Gasteiger partial charge < -0.3 is 20.5 Å². The number of anilines is 1. The molecular formula is C20H20N4O2. The Bertz CT molecular complexity index is 882. The van der Waals surface area contributed by atoms with Gasteiger partial charge in [0, 0.05) is 23.5 Å². The lowest BCUT2D eigenvalue weighted by atomic mass is 10.3. The first-order valence-corrected chi connectivity index (χ1v) is 8.12. The van der Waals surface area contributed by atoms with Gasteiger partial charge in [-0.1, -0.05) is 30.3 Å². The molecule has 0 spiro atoms. The van der Waals surface area contributed by atoms with Gasteiger partial charge in [-0.3, -0.25) is 0 Å². The fourth-order valence-corrected chi connectivity index (χ4v) is 2.35. The largest absolute Gasteiger partial charge is 0.481 e. The van der Waals surface area contributed by atoms with E-state index in [9.17, 15) is 0 Å². The number of benzene rings is 2. The number of aromatic nitrogens is 1. The fourth-order valence-electron chi connectivity index (χ4n) is 2.35. The lowest BCUT2D eigenvalue weighted by Crippen LogP contribution is -2.22. The van der Waals surface area contributed by atoms with Gasteiger partial charge >= 0.3 is 0 Å². The van der Waals surface area contributed by atoms with E-state index < -0.39 is 0 Å². The molecule has 6 heteroatoms. The molecule has 3 aromatic rings. The minimum absolute atomic E-state index is 0.299. The highest BCUT2D eigenvalue weighted by Gasteiger charge is 2.03. The van der Waals surface area contributed by atoms with Gasteiger partial charge in [0.25, 0.3) is 0 Å². The van der Waals surface area contributed by atoms with E-state index in [2.05, 4.69) is 15.3 Å². The molecular weight excluding hydrogens is 328 g/mol. The van der Waals surface area contributed by atoms with E-state index in [-0.39, 0.29) is 0 Å². The number of para-hydroxylation sites is 1. The average molecular weight is 348 g/mol. The maximum absolute atomic E-state index is 5.98. The highest BCUT2D eigenvalue weighted by atomic mass is 16.5. The predicted octanol–water partition coefficient (Wildman–Crippen LogP) is 3.81. The highest BCUT2D eigenvalue weighted by Crippen LogP contribution is 2.23. The Morgan fingerprint density at radius 1 is 1.04 bits per heavy atom. The van der Waals surface area contributed by atoms with Gasteiger partial charge in [-0.2, -0.15) is 0 Å². The third-order valence-electron chi connectivity index (χ3n) is 3.55. The normalized spacial score (nSPS) is 11.0. The summed E-state index contributed by atoms with van der Waals surface area (Å²) in [5, 5.41) is 3.06. The molecule has 0 aliphatic rings. The molecule has 2 aromatic carbocycles. The van der Waals surface area contributed by atoms with Crippen molar-refractivity contribution in [2.45, 2.75) is 6.54 Å². The van der Waals surface area contributed by atoms with Crippen LogP contribution < -0.4 is 20.5 Å². The molecule has 3 rings (SSSR count). The van der Waals surface area contributed by atoms with Crippen molar-refractivity contribution in [3.05, 3.63) is 78.5 Å². The van der Waals surface area contributed by atoms with Crippen LogP contribution >= 0.6 is 0 Å². The number of hydrogen-bond donors (Lipinski definition) is 2. The number of hydrogen-bond acceptors (Lipinski definition) is 4. The van der Waals surface area contributed by atoms with E-state index in [1.54, 1.807) is 13.3 Å². The average Bonchev–Trinajstić information content (AvgIpc) is 2.67. The van der Waals surface area contributed by atoms with Gasteiger partial charge in [-0.05, 0) is 30.3 Å². The Labute approximate surface area is 152 Å². The zero-order valence-corrected chi connectivity index (χ0v) is 14.4. The smallest absolute Gasteiger partial charge is 0.218 e. The van der Waals surface area contributed by atoms with E-state index in [0.717, 1.165) is 17.0 Å². The number of guanidine groups is 1. The zero-order valence-electron chi connectivity index (χ0n) is 14.4. The number of pyridine rings is 1.